The van der Waals surface area contributed by atoms with Crippen LogP contribution in [0.1, 0.15) is 87.7 Å². The number of benzene rings is 3. The van der Waals surface area contributed by atoms with Crippen LogP contribution in [0.25, 0.3) is 0 Å². The van der Waals surface area contributed by atoms with E-state index in [-0.39, 0.29) is 99.7 Å². The number of ketones is 1. The monoisotopic (exact) mass is 986 g/mol. The fourth-order valence-corrected chi connectivity index (χ4v) is 7.41. The standard InChI is InChI=1S/C48H68FN15O7/c1-5-40(66)31-9-6-10-34(26-31)64(28(4)65)39(25-30-13-17-32(49)18-14-30)45(71)63-38(24-29-15-19-33(20-16-29)59-48(55)56)44(70)62-37(23-27(2)3)43(69)61-36(12-8-22-58-47(53)54)42(68)60-35(41(50)67)11-7-21-57-46(51)52/h6,9-10,13-20,26-27,35-39H,5,7-8,11-12,21-25H2,1-4H3,(H2,50,67)(H,60,68)(H,61,69)(H,62,70)(H,63,71)(H4,51,52,57)(H4,53,54,58)(H4,55,56,59)/t35-,36-,37-,38-,39-/m0/s1. The van der Waals surface area contributed by atoms with E-state index in [4.69, 9.17) is 40.1 Å². The number of primary amides is 1. The summed E-state index contributed by atoms with van der Waals surface area (Å²) in [5.41, 5.74) is 40.5. The Kier molecular flexibility index (Phi) is 22.9. The second-order valence-electron chi connectivity index (χ2n) is 17.1. The van der Waals surface area contributed by atoms with Gasteiger partial charge in [-0.25, -0.2) is 9.38 Å². The summed E-state index contributed by atoms with van der Waals surface area (Å²) < 4.78 is 14.1. The lowest BCUT2D eigenvalue weighted by Crippen LogP contribution is -2.60. The molecule has 23 heteroatoms. The van der Waals surface area contributed by atoms with Crippen LogP contribution < -0.4 is 66.3 Å². The third-order valence-electron chi connectivity index (χ3n) is 10.9. The maximum absolute atomic E-state index is 14.9. The maximum atomic E-state index is 14.9. The lowest BCUT2D eigenvalue weighted by atomic mass is 9.98. The zero-order valence-electron chi connectivity index (χ0n) is 40.5. The zero-order chi connectivity index (χ0) is 52.8. The summed E-state index contributed by atoms with van der Waals surface area (Å²) in [5.74, 6) is -6.07. The summed E-state index contributed by atoms with van der Waals surface area (Å²) >= 11 is 0. The van der Waals surface area contributed by atoms with E-state index in [0.29, 0.717) is 22.4 Å². The molecular formula is C48H68FN15O7. The minimum Gasteiger partial charge on any atom is -0.370 e. The normalized spacial score (nSPS) is 12.9. The van der Waals surface area contributed by atoms with Crippen LogP contribution in [0.15, 0.2) is 87.8 Å². The summed E-state index contributed by atoms with van der Waals surface area (Å²) in [5, 5.41) is 10.9. The Balaban J connectivity index is 2.08. The molecule has 0 unspecified atom stereocenters. The number of hydrogen-bond donors (Lipinski definition) is 11. The van der Waals surface area contributed by atoms with Gasteiger partial charge >= 0.3 is 0 Å². The molecule has 3 aromatic carbocycles. The van der Waals surface area contributed by atoms with Crippen molar-refractivity contribution in [1.29, 1.82) is 0 Å². The number of aliphatic imine (C=N–C) groups is 3. The molecular weight excluding hydrogens is 918 g/mol. The Hall–Kier alpha value is -8.11. The number of Topliss-reactive ketones (excluding diaryl/α,β-unsaturated/α-hetero) is 1. The summed E-state index contributed by atoms with van der Waals surface area (Å²) in [7, 11) is 0. The first-order chi connectivity index (χ1) is 33.6. The highest BCUT2D eigenvalue weighted by atomic mass is 19.1. The van der Waals surface area contributed by atoms with Crippen molar-refractivity contribution in [1.82, 2.24) is 21.3 Å². The van der Waals surface area contributed by atoms with Gasteiger partial charge in [0.1, 0.15) is 36.0 Å². The maximum Gasteiger partial charge on any atom is 0.244 e. The molecule has 3 aromatic rings. The highest BCUT2D eigenvalue weighted by molar-refractivity contribution is 6.03. The number of nitrogens with two attached hydrogens (primary N) is 7. The smallest absolute Gasteiger partial charge is 0.244 e. The summed E-state index contributed by atoms with van der Waals surface area (Å²) in [6.45, 7) is 6.79. The molecule has 0 heterocycles. The van der Waals surface area contributed by atoms with Crippen molar-refractivity contribution in [2.75, 3.05) is 18.0 Å². The molecule has 0 aliphatic rings. The van der Waals surface area contributed by atoms with Gasteiger partial charge < -0.3 is 61.4 Å². The van der Waals surface area contributed by atoms with E-state index >= 15 is 0 Å². The third kappa shape index (κ3) is 19.8. The first-order valence-electron chi connectivity index (χ1n) is 23.1. The van der Waals surface area contributed by atoms with E-state index in [0.717, 1.165) is 0 Å². The third-order valence-corrected chi connectivity index (χ3v) is 10.9. The Bertz CT molecular complexity index is 2400. The van der Waals surface area contributed by atoms with E-state index < -0.39 is 71.5 Å². The molecule has 71 heavy (non-hydrogen) atoms. The molecule has 6 amide bonds. The van der Waals surface area contributed by atoms with Gasteiger partial charge in [0, 0.05) is 50.5 Å². The van der Waals surface area contributed by atoms with E-state index in [2.05, 4.69) is 36.2 Å². The average Bonchev–Trinajstić information content (AvgIpc) is 3.30. The Labute approximate surface area is 412 Å². The minimum absolute atomic E-state index is 0.0116. The predicted octanol–water partition coefficient (Wildman–Crippen LogP) is 0.108. The van der Waals surface area contributed by atoms with E-state index in [1.165, 1.54) is 42.2 Å². The number of guanidine groups is 3. The number of carbonyl (C=O) groups is 7. The topological polar surface area (TPSA) is 390 Å². The van der Waals surface area contributed by atoms with Gasteiger partial charge in [0.2, 0.25) is 35.4 Å². The molecule has 0 bridgehead atoms. The molecule has 0 radical (unpaired) electrons. The number of nitrogens with one attached hydrogen (secondary N) is 4. The van der Waals surface area contributed by atoms with Gasteiger partial charge in [0.15, 0.2) is 23.7 Å². The molecule has 384 valence electrons. The number of carbonyl (C=O) groups excluding carboxylic acids is 7. The Morgan fingerprint density at radius 1 is 0.620 bits per heavy atom. The fourth-order valence-electron chi connectivity index (χ4n) is 7.41. The molecule has 18 N–H and O–H groups in total. The molecule has 0 aliphatic carbocycles. The number of anilines is 1. The fraction of sp³-hybridized carbons (Fsp3) is 0.417. The highest BCUT2D eigenvalue weighted by Gasteiger charge is 2.35. The van der Waals surface area contributed by atoms with Crippen molar-refractivity contribution in [2.45, 2.75) is 109 Å². The molecule has 0 saturated heterocycles. The molecule has 0 fully saturated rings. The van der Waals surface area contributed by atoms with Crippen LogP contribution >= 0.6 is 0 Å². The van der Waals surface area contributed by atoms with Crippen LogP contribution in [0.3, 0.4) is 0 Å². The Morgan fingerprint density at radius 3 is 1.66 bits per heavy atom. The molecule has 3 rings (SSSR count). The number of amides is 6. The lowest BCUT2D eigenvalue weighted by Gasteiger charge is -2.32. The van der Waals surface area contributed by atoms with Crippen LogP contribution in [-0.4, -0.2) is 102 Å². The van der Waals surface area contributed by atoms with Gasteiger partial charge in [-0.05, 0) is 85.5 Å². The zero-order valence-corrected chi connectivity index (χ0v) is 40.5. The summed E-state index contributed by atoms with van der Waals surface area (Å²) in [6, 6.07) is 11.5. The van der Waals surface area contributed by atoms with Crippen molar-refractivity contribution < 1.29 is 38.0 Å². The molecule has 0 aliphatic heterocycles. The highest BCUT2D eigenvalue weighted by Crippen LogP contribution is 2.24. The second kappa shape index (κ2) is 28.4. The van der Waals surface area contributed by atoms with Crippen molar-refractivity contribution in [3.8, 4) is 0 Å². The number of nitrogens with zero attached hydrogens (tertiary/aromatic N) is 4. The van der Waals surface area contributed by atoms with Gasteiger partial charge in [-0.1, -0.05) is 57.2 Å². The minimum atomic E-state index is -1.43. The van der Waals surface area contributed by atoms with Gasteiger partial charge in [-0.15, -0.1) is 0 Å². The SMILES string of the molecule is CCC(=O)c1cccc(N(C(C)=O)[C@@H](Cc2ccc(F)cc2)C(=O)N[C@@H](Cc2ccc(N=C(N)N)cc2)C(=O)N[C@@H](CC(C)C)C(=O)N[C@@H](CCCN=C(N)N)C(=O)N[C@@H](CCCN=C(N)N)C(N)=O)c1. The summed E-state index contributed by atoms with van der Waals surface area (Å²) in [6.07, 6.45) is 0.458. The molecule has 0 saturated carbocycles. The van der Waals surface area contributed by atoms with E-state index in [1.807, 2.05) is 13.8 Å². The van der Waals surface area contributed by atoms with Crippen LogP contribution in [-0.2, 0) is 41.6 Å². The number of halogens is 1. The van der Waals surface area contributed by atoms with Gasteiger partial charge in [-0.2, -0.15) is 0 Å². The molecule has 0 spiro atoms. The second-order valence-corrected chi connectivity index (χ2v) is 17.1. The van der Waals surface area contributed by atoms with Crippen molar-refractivity contribution >= 4 is 70.5 Å². The first-order valence-corrected chi connectivity index (χ1v) is 23.1. The van der Waals surface area contributed by atoms with Gasteiger partial charge in [0.05, 0.1) is 5.69 Å². The van der Waals surface area contributed by atoms with E-state index in [1.54, 1.807) is 49.4 Å². The van der Waals surface area contributed by atoms with Crippen LogP contribution in [0, 0.1) is 11.7 Å². The average molecular weight is 986 g/mol. The van der Waals surface area contributed by atoms with Crippen molar-refractivity contribution in [3.05, 3.63) is 95.3 Å². The van der Waals surface area contributed by atoms with E-state index in [9.17, 15) is 38.0 Å². The number of rotatable bonds is 28. The summed E-state index contributed by atoms with van der Waals surface area (Å²) in [4.78, 5) is 110. The molecule has 5 atom stereocenters. The van der Waals surface area contributed by atoms with Crippen LogP contribution in [0.5, 0.6) is 0 Å². The van der Waals surface area contributed by atoms with Crippen molar-refractivity contribution in [2.24, 2.45) is 61.0 Å². The quantitative estimate of drug-likeness (QED) is 0.0199. The van der Waals surface area contributed by atoms with Gasteiger partial charge in [0.25, 0.3) is 0 Å². The lowest BCUT2D eigenvalue weighted by molar-refractivity contribution is -0.135. The van der Waals surface area contributed by atoms with Gasteiger partial charge in [-0.3, -0.25) is 48.4 Å². The molecule has 0 aromatic heterocycles. The Morgan fingerprint density at radius 2 is 1.13 bits per heavy atom. The largest absolute Gasteiger partial charge is 0.370 e. The number of hydrogen-bond acceptors (Lipinski definition) is 10. The van der Waals surface area contributed by atoms with Crippen LogP contribution in [0.2, 0.25) is 0 Å². The van der Waals surface area contributed by atoms with Crippen molar-refractivity contribution in [3.63, 3.8) is 0 Å². The molecule has 22 nitrogen and oxygen atoms in total. The predicted molar refractivity (Wildman–Crippen MR) is 270 cm³/mol. The first kappa shape index (κ1) is 57.2. The van der Waals surface area contributed by atoms with Crippen LogP contribution in [0.4, 0.5) is 15.8 Å².